The SMILES string of the molecule is CC(NCCc1ccccn1)C(=O)NC1CC1. The quantitative estimate of drug-likeness (QED) is 0.767. The molecule has 1 amide bonds. The second kappa shape index (κ2) is 5.77. The molecule has 0 aromatic carbocycles. The Balaban J connectivity index is 1.65. The van der Waals surface area contributed by atoms with Crippen molar-refractivity contribution in [3.63, 3.8) is 0 Å². The van der Waals surface area contributed by atoms with Crippen LogP contribution in [0.3, 0.4) is 0 Å². The molecular formula is C13H19N3O. The van der Waals surface area contributed by atoms with Crippen LogP contribution in [-0.4, -0.2) is 29.5 Å². The lowest BCUT2D eigenvalue weighted by Crippen LogP contribution is -2.43. The number of nitrogens with zero attached hydrogens (tertiary/aromatic N) is 1. The summed E-state index contributed by atoms with van der Waals surface area (Å²) in [5.41, 5.74) is 1.05. The number of hydrogen-bond acceptors (Lipinski definition) is 3. The van der Waals surface area contributed by atoms with Gasteiger partial charge in [-0.15, -0.1) is 0 Å². The Bertz CT molecular complexity index is 362. The molecule has 1 saturated carbocycles. The maximum atomic E-state index is 11.6. The third-order valence-corrected chi connectivity index (χ3v) is 2.87. The summed E-state index contributed by atoms with van der Waals surface area (Å²) in [6, 6.07) is 6.19. The third kappa shape index (κ3) is 4.15. The molecule has 2 N–H and O–H groups in total. The van der Waals surface area contributed by atoms with Crippen molar-refractivity contribution < 1.29 is 4.79 Å². The zero-order valence-corrected chi connectivity index (χ0v) is 10.1. The monoisotopic (exact) mass is 233 g/mol. The third-order valence-electron chi connectivity index (χ3n) is 2.87. The molecule has 4 heteroatoms. The zero-order chi connectivity index (χ0) is 12.1. The number of rotatable bonds is 6. The molecule has 1 aromatic rings. The van der Waals surface area contributed by atoms with Gasteiger partial charge < -0.3 is 10.6 Å². The molecule has 0 saturated heterocycles. The van der Waals surface area contributed by atoms with Crippen molar-refractivity contribution in [2.75, 3.05) is 6.54 Å². The first-order chi connectivity index (χ1) is 8.25. The molecule has 0 aliphatic heterocycles. The molecular weight excluding hydrogens is 214 g/mol. The summed E-state index contributed by atoms with van der Waals surface area (Å²) < 4.78 is 0. The summed E-state index contributed by atoms with van der Waals surface area (Å²) in [5, 5.41) is 6.20. The summed E-state index contributed by atoms with van der Waals surface area (Å²) in [5.74, 6) is 0.105. The number of hydrogen-bond donors (Lipinski definition) is 2. The van der Waals surface area contributed by atoms with Gasteiger partial charge in [0.15, 0.2) is 0 Å². The minimum Gasteiger partial charge on any atom is -0.352 e. The molecule has 1 unspecified atom stereocenters. The highest BCUT2D eigenvalue weighted by Gasteiger charge is 2.25. The average Bonchev–Trinajstić information content (AvgIpc) is 3.14. The fraction of sp³-hybridized carbons (Fsp3) is 0.538. The highest BCUT2D eigenvalue weighted by atomic mass is 16.2. The van der Waals surface area contributed by atoms with E-state index in [4.69, 9.17) is 0 Å². The van der Waals surface area contributed by atoms with Gasteiger partial charge >= 0.3 is 0 Å². The molecule has 0 spiro atoms. The zero-order valence-electron chi connectivity index (χ0n) is 10.1. The number of pyridine rings is 1. The largest absolute Gasteiger partial charge is 0.352 e. The van der Waals surface area contributed by atoms with Crippen molar-refractivity contribution >= 4 is 5.91 Å². The van der Waals surface area contributed by atoms with E-state index in [1.165, 1.54) is 0 Å². The number of amides is 1. The second-order valence-corrected chi connectivity index (χ2v) is 4.53. The molecule has 1 atom stereocenters. The fourth-order valence-electron chi connectivity index (χ4n) is 1.61. The number of aromatic nitrogens is 1. The van der Waals surface area contributed by atoms with Crippen LogP contribution in [0.4, 0.5) is 0 Å². The molecule has 92 valence electrons. The number of carbonyl (C=O) groups excluding carboxylic acids is 1. The van der Waals surface area contributed by atoms with E-state index in [1.54, 1.807) is 6.20 Å². The molecule has 1 aliphatic rings. The highest BCUT2D eigenvalue weighted by molar-refractivity contribution is 5.81. The van der Waals surface area contributed by atoms with Crippen LogP contribution in [-0.2, 0) is 11.2 Å². The van der Waals surface area contributed by atoms with Crippen LogP contribution in [0.5, 0.6) is 0 Å². The van der Waals surface area contributed by atoms with E-state index in [2.05, 4.69) is 15.6 Å². The van der Waals surface area contributed by atoms with Crippen LogP contribution in [0.15, 0.2) is 24.4 Å². The van der Waals surface area contributed by atoms with Gasteiger partial charge in [-0.1, -0.05) is 6.07 Å². The lowest BCUT2D eigenvalue weighted by Gasteiger charge is -2.13. The summed E-state index contributed by atoms with van der Waals surface area (Å²) in [6.07, 6.45) is 4.90. The summed E-state index contributed by atoms with van der Waals surface area (Å²) in [6.45, 7) is 2.67. The van der Waals surface area contributed by atoms with Crippen LogP contribution in [0.2, 0.25) is 0 Å². The van der Waals surface area contributed by atoms with Crippen molar-refractivity contribution in [1.82, 2.24) is 15.6 Å². The molecule has 1 fully saturated rings. The first-order valence-corrected chi connectivity index (χ1v) is 6.19. The maximum Gasteiger partial charge on any atom is 0.237 e. The smallest absolute Gasteiger partial charge is 0.237 e. The molecule has 1 aliphatic carbocycles. The Morgan fingerprint density at radius 2 is 2.35 bits per heavy atom. The van der Waals surface area contributed by atoms with Gasteiger partial charge in [-0.2, -0.15) is 0 Å². The van der Waals surface area contributed by atoms with Gasteiger partial charge in [-0.05, 0) is 31.9 Å². The lowest BCUT2D eigenvalue weighted by molar-refractivity contribution is -0.122. The normalized spacial score (nSPS) is 16.5. The summed E-state index contributed by atoms with van der Waals surface area (Å²) >= 11 is 0. The van der Waals surface area contributed by atoms with Gasteiger partial charge in [-0.3, -0.25) is 9.78 Å². The van der Waals surface area contributed by atoms with E-state index in [0.29, 0.717) is 6.04 Å². The minimum atomic E-state index is -0.126. The average molecular weight is 233 g/mol. The van der Waals surface area contributed by atoms with Crippen LogP contribution >= 0.6 is 0 Å². The minimum absolute atomic E-state index is 0.105. The summed E-state index contributed by atoms with van der Waals surface area (Å²) in [7, 11) is 0. The first kappa shape index (κ1) is 12.0. The predicted molar refractivity (Wildman–Crippen MR) is 66.6 cm³/mol. The van der Waals surface area contributed by atoms with Gasteiger partial charge in [0, 0.05) is 30.9 Å². The molecule has 4 nitrogen and oxygen atoms in total. The second-order valence-electron chi connectivity index (χ2n) is 4.53. The molecule has 2 rings (SSSR count). The van der Waals surface area contributed by atoms with Crippen molar-refractivity contribution in [3.8, 4) is 0 Å². The standard InChI is InChI=1S/C13H19N3O/c1-10(13(17)16-12-5-6-12)14-9-7-11-4-2-3-8-15-11/h2-4,8,10,12,14H,5-7,9H2,1H3,(H,16,17). The number of carbonyl (C=O) groups is 1. The Morgan fingerprint density at radius 3 is 3.00 bits per heavy atom. The predicted octanol–water partition coefficient (Wildman–Crippen LogP) is 0.881. The number of nitrogens with one attached hydrogen (secondary N) is 2. The van der Waals surface area contributed by atoms with Crippen molar-refractivity contribution in [2.45, 2.75) is 38.3 Å². The Labute approximate surface area is 102 Å². The van der Waals surface area contributed by atoms with Gasteiger partial charge in [0.1, 0.15) is 0 Å². The van der Waals surface area contributed by atoms with Crippen molar-refractivity contribution in [3.05, 3.63) is 30.1 Å². The van der Waals surface area contributed by atoms with Crippen molar-refractivity contribution in [1.29, 1.82) is 0 Å². The van der Waals surface area contributed by atoms with Crippen LogP contribution in [0.25, 0.3) is 0 Å². The van der Waals surface area contributed by atoms with E-state index < -0.39 is 0 Å². The van der Waals surface area contributed by atoms with E-state index in [0.717, 1.165) is 31.5 Å². The van der Waals surface area contributed by atoms with E-state index in [9.17, 15) is 4.79 Å². The van der Waals surface area contributed by atoms with E-state index in [-0.39, 0.29) is 11.9 Å². The van der Waals surface area contributed by atoms with Gasteiger partial charge in [0.25, 0.3) is 0 Å². The van der Waals surface area contributed by atoms with Gasteiger partial charge in [0.05, 0.1) is 6.04 Å². The topological polar surface area (TPSA) is 54.0 Å². The molecule has 0 radical (unpaired) electrons. The van der Waals surface area contributed by atoms with Crippen LogP contribution < -0.4 is 10.6 Å². The Morgan fingerprint density at radius 1 is 1.53 bits per heavy atom. The lowest BCUT2D eigenvalue weighted by atomic mass is 10.2. The van der Waals surface area contributed by atoms with E-state index >= 15 is 0 Å². The maximum absolute atomic E-state index is 11.6. The molecule has 1 heterocycles. The molecule has 17 heavy (non-hydrogen) atoms. The van der Waals surface area contributed by atoms with Gasteiger partial charge in [-0.25, -0.2) is 0 Å². The van der Waals surface area contributed by atoms with Crippen LogP contribution in [0.1, 0.15) is 25.5 Å². The Hall–Kier alpha value is -1.42. The highest BCUT2D eigenvalue weighted by Crippen LogP contribution is 2.18. The fourth-order valence-corrected chi connectivity index (χ4v) is 1.61. The van der Waals surface area contributed by atoms with Gasteiger partial charge in [0.2, 0.25) is 5.91 Å². The Kier molecular flexibility index (Phi) is 4.09. The van der Waals surface area contributed by atoms with Crippen LogP contribution in [0, 0.1) is 0 Å². The summed E-state index contributed by atoms with van der Waals surface area (Å²) in [4.78, 5) is 15.9. The van der Waals surface area contributed by atoms with E-state index in [1.807, 2.05) is 25.1 Å². The molecule has 1 aromatic heterocycles. The molecule has 0 bridgehead atoms. The first-order valence-electron chi connectivity index (χ1n) is 6.19. The van der Waals surface area contributed by atoms with Crippen molar-refractivity contribution in [2.24, 2.45) is 0 Å².